The van der Waals surface area contributed by atoms with Crippen LogP contribution in [0.3, 0.4) is 0 Å². The zero-order chi connectivity index (χ0) is 30.5. The molecular formula is C43H28N2O. The lowest BCUT2D eigenvalue weighted by molar-refractivity contribution is 0.657. The average Bonchev–Trinajstić information content (AvgIpc) is 3.51. The molecule has 46 heavy (non-hydrogen) atoms. The lowest BCUT2D eigenvalue weighted by Gasteiger charge is -2.26. The van der Waals surface area contributed by atoms with Gasteiger partial charge in [-0.2, -0.15) is 0 Å². The first-order chi connectivity index (χ1) is 22.8. The number of benzene rings is 7. The van der Waals surface area contributed by atoms with Crippen molar-refractivity contribution >= 4 is 60.7 Å². The standard InChI is InChI=1S/C43H28N2O/c1-2-10-29(11-3-1)30-20-23-34(24-21-30)45(35-16-8-15-33(26-35)38-19-9-14-31-12-4-6-17-37(31)38)36-27-41-40-25-22-32-13-5-7-18-39(32)42(40)46-43(41)44-28-36/h1-28H. The Balaban J connectivity index is 1.23. The molecule has 9 rings (SSSR count). The predicted octanol–water partition coefficient (Wildman–Crippen LogP) is 12.1. The fourth-order valence-corrected chi connectivity index (χ4v) is 6.67. The van der Waals surface area contributed by atoms with Crippen molar-refractivity contribution in [3.05, 3.63) is 170 Å². The Kier molecular flexibility index (Phi) is 6.14. The lowest BCUT2D eigenvalue weighted by Crippen LogP contribution is -2.10. The van der Waals surface area contributed by atoms with Gasteiger partial charge in [0.1, 0.15) is 5.58 Å². The fraction of sp³-hybridized carbons (Fsp3) is 0. The van der Waals surface area contributed by atoms with Crippen LogP contribution < -0.4 is 4.90 Å². The number of fused-ring (bicyclic) bond motifs is 6. The fourth-order valence-electron chi connectivity index (χ4n) is 6.67. The van der Waals surface area contributed by atoms with Crippen LogP contribution in [-0.4, -0.2) is 4.98 Å². The van der Waals surface area contributed by atoms with E-state index in [9.17, 15) is 0 Å². The molecule has 9 aromatic rings. The highest BCUT2D eigenvalue weighted by Crippen LogP contribution is 2.41. The smallest absolute Gasteiger partial charge is 0.227 e. The summed E-state index contributed by atoms with van der Waals surface area (Å²) in [5.74, 6) is 0. The molecule has 0 saturated carbocycles. The van der Waals surface area contributed by atoms with E-state index in [0.717, 1.165) is 49.8 Å². The Morgan fingerprint density at radius 2 is 1.09 bits per heavy atom. The Morgan fingerprint density at radius 1 is 0.413 bits per heavy atom. The van der Waals surface area contributed by atoms with Gasteiger partial charge in [-0.3, -0.25) is 0 Å². The minimum atomic E-state index is 0.638. The molecule has 2 aromatic heterocycles. The molecule has 0 spiro atoms. The van der Waals surface area contributed by atoms with Crippen molar-refractivity contribution in [3.8, 4) is 22.3 Å². The van der Waals surface area contributed by atoms with Crippen molar-refractivity contribution in [2.24, 2.45) is 0 Å². The molecule has 0 radical (unpaired) electrons. The maximum atomic E-state index is 6.36. The molecule has 0 atom stereocenters. The maximum Gasteiger partial charge on any atom is 0.227 e. The molecule has 0 aliphatic carbocycles. The van der Waals surface area contributed by atoms with Crippen molar-refractivity contribution < 1.29 is 4.42 Å². The molecule has 7 aromatic carbocycles. The van der Waals surface area contributed by atoms with Gasteiger partial charge in [-0.1, -0.05) is 127 Å². The molecule has 3 heteroatoms. The number of aromatic nitrogens is 1. The van der Waals surface area contributed by atoms with E-state index in [1.807, 2.05) is 12.3 Å². The minimum absolute atomic E-state index is 0.638. The molecule has 0 saturated heterocycles. The van der Waals surface area contributed by atoms with Gasteiger partial charge in [0, 0.05) is 22.1 Å². The first-order valence-corrected chi connectivity index (χ1v) is 15.5. The van der Waals surface area contributed by atoms with Crippen molar-refractivity contribution in [3.63, 3.8) is 0 Å². The summed E-state index contributed by atoms with van der Waals surface area (Å²) in [5, 5.41) is 6.77. The van der Waals surface area contributed by atoms with E-state index in [0.29, 0.717) is 5.71 Å². The first-order valence-electron chi connectivity index (χ1n) is 15.5. The number of anilines is 3. The highest BCUT2D eigenvalue weighted by Gasteiger charge is 2.18. The minimum Gasteiger partial charge on any atom is -0.437 e. The van der Waals surface area contributed by atoms with Gasteiger partial charge in [-0.15, -0.1) is 0 Å². The first kappa shape index (κ1) is 26.2. The normalized spacial score (nSPS) is 11.5. The van der Waals surface area contributed by atoms with Crippen LogP contribution in [0.4, 0.5) is 17.1 Å². The monoisotopic (exact) mass is 588 g/mol. The molecule has 0 aliphatic heterocycles. The quantitative estimate of drug-likeness (QED) is 0.200. The van der Waals surface area contributed by atoms with E-state index in [1.165, 1.54) is 27.5 Å². The van der Waals surface area contributed by atoms with Crippen molar-refractivity contribution in [2.45, 2.75) is 0 Å². The van der Waals surface area contributed by atoms with Crippen LogP contribution in [0.5, 0.6) is 0 Å². The number of rotatable bonds is 5. The van der Waals surface area contributed by atoms with Crippen LogP contribution >= 0.6 is 0 Å². The van der Waals surface area contributed by atoms with Gasteiger partial charge in [-0.25, -0.2) is 4.98 Å². The number of nitrogens with zero attached hydrogens (tertiary/aromatic N) is 2. The third-order valence-corrected chi connectivity index (χ3v) is 8.90. The lowest BCUT2D eigenvalue weighted by atomic mass is 9.97. The van der Waals surface area contributed by atoms with Crippen LogP contribution in [0.1, 0.15) is 0 Å². The van der Waals surface area contributed by atoms with Crippen LogP contribution in [0.25, 0.3) is 65.9 Å². The molecule has 0 N–H and O–H groups in total. The van der Waals surface area contributed by atoms with Gasteiger partial charge in [0.2, 0.25) is 5.71 Å². The molecule has 0 amide bonds. The highest BCUT2D eigenvalue weighted by molar-refractivity contribution is 6.15. The zero-order valence-corrected chi connectivity index (χ0v) is 25.0. The van der Waals surface area contributed by atoms with Crippen molar-refractivity contribution in [1.29, 1.82) is 0 Å². The molecule has 0 bridgehead atoms. The molecular weight excluding hydrogens is 560 g/mol. The summed E-state index contributed by atoms with van der Waals surface area (Å²) in [6.45, 7) is 0. The summed E-state index contributed by atoms with van der Waals surface area (Å²) in [7, 11) is 0. The van der Waals surface area contributed by atoms with Gasteiger partial charge in [-0.05, 0) is 74.8 Å². The summed E-state index contributed by atoms with van der Waals surface area (Å²) >= 11 is 0. The number of furan rings is 1. The SMILES string of the molecule is c1ccc(-c2ccc(N(c3cccc(-c4cccc5ccccc45)c3)c3cnc4oc5c6ccccc6ccc5c4c3)cc2)cc1. The Morgan fingerprint density at radius 3 is 1.93 bits per heavy atom. The van der Waals surface area contributed by atoms with Crippen LogP contribution in [-0.2, 0) is 0 Å². The summed E-state index contributed by atoms with van der Waals surface area (Å²) in [4.78, 5) is 7.16. The second-order valence-electron chi connectivity index (χ2n) is 11.6. The summed E-state index contributed by atoms with van der Waals surface area (Å²) < 4.78 is 6.36. The maximum absolute atomic E-state index is 6.36. The molecule has 0 unspecified atom stereocenters. The van der Waals surface area contributed by atoms with Gasteiger partial charge >= 0.3 is 0 Å². The van der Waals surface area contributed by atoms with E-state index in [-0.39, 0.29) is 0 Å². The molecule has 3 nitrogen and oxygen atoms in total. The predicted molar refractivity (Wildman–Crippen MR) is 192 cm³/mol. The largest absolute Gasteiger partial charge is 0.437 e. The van der Waals surface area contributed by atoms with E-state index < -0.39 is 0 Å². The van der Waals surface area contributed by atoms with E-state index in [2.05, 4.69) is 163 Å². The van der Waals surface area contributed by atoms with Crippen molar-refractivity contribution in [2.75, 3.05) is 4.90 Å². The Hall–Kier alpha value is -6.19. The van der Waals surface area contributed by atoms with Crippen LogP contribution in [0.2, 0.25) is 0 Å². The second kappa shape index (κ2) is 10.8. The van der Waals surface area contributed by atoms with E-state index in [1.54, 1.807) is 0 Å². The third-order valence-electron chi connectivity index (χ3n) is 8.90. The molecule has 0 aliphatic rings. The Bertz CT molecular complexity index is 2530. The summed E-state index contributed by atoms with van der Waals surface area (Å²) in [5.41, 5.74) is 9.31. The van der Waals surface area contributed by atoms with E-state index in [4.69, 9.17) is 9.40 Å². The number of hydrogen-bond acceptors (Lipinski definition) is 3. The Labute approximate surface area is 266 Å². The number of hydrogen-bond donors (Lipinski definition) is 0. The second-order valence-corrected chi connectivity index (χ2v) is 11.6. The zero-order valence-electron chi connectivity index (χ0n) is 25.0. The highest BCUT2D eigenvalue weighted by atomic mass is 16.3. The molecule has 0 fully saturated rings. The van der Waals surface area contributed by atoms with Gasteiger partial charge in [0.25, 0.3) is 0 Å². The molecule has 2 heterocycles. The summed E-state index contributed by atoms with van der Waals surface area (Å²) in [6, 6.07) is 58.0. The van der Waals surface area contributed by atoms with Crippen molar-refractivity contribution in [1.82, 2.24) is 4.98 Å². The number of pyridine rings is 1. The van der Waals surface area contributed by atoms with Gasteiger partial charge in [0.15, 0.2) is 0 Å². The molecule has 216 valence electrons. The van der Waals surface area contributed by atoms with Crippen LogP contribution in [0, 0.1) is 0 Å². The third kappa shape index (κ3) is 4.41. The van der Waals surface area contributed by atoms with Gasteiger partial charge < -0.3 is 9.32 Å². The topological polar surface area (TPSA) is 29.3 Å². The van der Waals surface area contributed by atoms with E-state index >= 15 is 0 Å². The average molecular weight is 589 g/mol. The van der Waals surface area contributed by atoms with Crippen LogP contribution in [0.15, 0.2) is 174 Å². The van der Waals surface area contributed by atoms with Gasteiger partial charge in [0.05, 0.1) is 17.3 Å². The summed E-state index contributed by atoms with van der Waals surface area (Å²) in [6.07, 6.45) is 1.92.